The van der Waals surface area contributed by atoms with E-state index in [2.05, 4.69) is 6.58 Å². The molecule has 48 valence electrons. The van der Waals surface area contributed by atoms with Gasteiger partial charge in [-0.05, 0) is 6.92 Å². The van der Waals surface area contributed by atoms with Crippen molar-refractivity contribution >= 4 is 10.1 Å². The molecule has 3 nitrogen and oxygen atoms in total. The topological polar surface area (TPSA) is 57.2 Å². The second kappa shape index (κ2) is 5.37. The average Bonchev–Trinajstić information content (AvgIpc) is 1.21. The molecular weight excluding hydrogens is 261 g/mol. The summed E-state index contributed by atoms with van der Waals surface area (Å²) in [6, 6.07) is 0. The maximum atomic E-state index is 9.83. The molecule has 9 heavy (non-hydrogen) atoms. The van der Waals surface area contributed by atoms with Crippen molar-refractivity contribution in [3.63, 3.8) is 0 Å². The van der Waals surface area contributed by atoms with Crippen molar-refractivity contribution in [3.8, 4) is 0 Å². The van der Waals surface area contributed by atoms with Gasteiger partial charge in [0.2, 0.25) is 0 Å². The molecular formula is C4H7CsO3S. The molecule has 0 aromatic rings. The van der Waals surface area contributed by atoms with Gasteiger partial charge in [-0.3, -0.25) is 0 Å². The Hall–Kier alpha value is 1.70. The van der Waals surface area contributed by atoms with E-state index < -0.39 is 15.9 Å². The van der Waals surface area contributed by atoms with E-state index in [0.717, 1.165) is 0 Å². The third-order valence-corrected chi connectivity index (χ3v) is 1.27. The normalized spacial score (nSPS) is 10.0. The van der Waals surface area contributed by atoms with Crippen molar-refractivity contribution in [2.45, 2.75) is 6.92 Å². The van der Waals surface area contributed by atoms with E-state index in [4.69, 9.17) is 0 Å². The third kappa shape index (κ3) is 12.8. The van der Waals surface area contributed by atoms with Crippen molar-refractivity contribution in [3.05, 3.63) is 12.2 Å². The molecule has 0 aromatic heterocycles. The molecule has 0 N–H and O–H groups in total. The second-order valence-corrected chi connectivity index (χ2v) is 3.06. The first-order chi connectivity index (χ1) is 3.42. The van der Waals surface area contributed by atoms with Crippen LogP contribution in [0.4, 0.5) is 0 Å². The summed E-state index contributed by atoms with van der Waals surface area (Å²) in [5.41, 5.74) is 0.375. The van der Waals surface area contributed by atoms with Crippen LogP contribution in [0, 0.1) is 0 Å². The molecule has 0 aliphatic heterocycles. The molecule has 0 unspecified atom stereocenters. The van der Waals surface area contributed by atoms with Gasteiger partial charge in [0, 0.05) is 0 Å². The number of hydrogen-bond donors (Lipinski definition) is 0. The van der Waals surface area contributed by atoms with Crippen LogP contribution >= 0.6 is 0 Å². The van der Waals surface area contributed by atoms with E-state index in [0.29, 0.717) is 5.57 Å². The van der Waals surface area contributed by atoms with Crippen molar-refractivity contribution in [2.24, 2.45) is 0 Å². The fourth-order valence-corrected chi connectivity index (χ4v) is 0.905. The standard InChI is InChI=1S/C4H8O3S.Cs/c1-4(2)3-8(5,6)7;/h1,3H2,2H3,(H,5,6,7);/q;+1/p-1. The summed E-state index contributed by atoms with van der Waals surface area (Å²) in [5.74, 6) is -0.451. The Labute approximate surface area is 114 Å². The minimum Gasteiger partial charge on any atom is -0.748 e. The molecule has 0 saturated carbocycles. The van der Waals surface area contributed by atoms with Gasteiger partial charge in [0.15, 0.2) is 0 Å². The summed E-state index contributed by atoms with van der Waals surface area (Å²) in [4.78, 5) is 0. The second-order valence-electron chi connectivity index (χ2n) is 1.66. The Morgan fingerprint density at radius 3 is 2.00 bits per heavy atom. The Kier molecular flexibility index (Phi) is 7.93. The van der Waals surface area contributed by atoms with Crippen LogP contribution in [0.15, 0.2) is 12.2 Å². The van der Waals surface area contributed by atoms with E-state index in [1.807, 2.05) is 0 Å². The Morgan fingerprint density at radius 1 is 1.67 bits per heavy atom. The summed E-state index contributed by atoms with van der Waals surface area (Å²) >= 11 is 0. The Balaban J connectivity index is 0. The van der Waals surface area contributed by atoms with E-state index >= 15 is 0 Å². The third-order valence-electron chi connectivity index (χ3n) is 0.423. The van der Waals surface area contributed by atoms with Crippen LogP contribution < -0.4 is 68.9 Å². The van der Waals surface area contributed by atoms with Crippen molar-refractivity contribution < 1.29 is 81.9 Å². The zero-order chi connectivity index (χ0) is 6.78. The van der Waals surface area contributed by atoms with Crippen LogP contribution in [0.5, 0.6) is 0 Å². The fraction of sp³-hybridized carbons (Fsp3) is 0.500. The van der Waals surface area contributed by atoms with Crippen LogP contribution in [0.1, 0.15) is 6.92 Å². The maximum absolute atomic E-state index is 9.83. The molecule has 0 amide bonds. The van der Waals surface area contributed by atoms with E-state index in [1.54, 1.807) is 0 Å². The SMILES string of the molecule is C=C(C)CS(=O)(=O)[O-].[Cs+]. The smallest absolute Gasteiger partial charge is 0.748 e. The summed E-state index contributed by atoms with van der Waals surface area (Å²) in [6.07, 6.45) is 0. The zero-order valence-electron chi connectivity index (χ0n) is 5.55. The van der Waals surface area contributed by atoms with Gasteiger partial charge in [0.25, 0.3) is 0 Å². The van der Waals surface area contributed by atoms with Gasteiger partial charge >= 0.3 is 68.9 Å². The largest absolute Gasteiger partial charge is 1.00 e. The molecule has 0 saturated heterocycles. The molecule has 5 heteroatoms. The quantitative estimate of drug-likeness (QED) is 0.399. The van der Waals surface area contributed by atoms with Gasteiger partial charge in [0.1, 0.15) is 0 Å². The molecule has 0 spiro atoms. The van der Waals surface area contributed by atoms with Gasteiger partial charge in [-0.2, -0.15) is 0 Å². The van der Waals surface area contributed by atoms with E-state index in [-0.39, 0.29) is 68.9 Å². The van der Waals surface area contributed by atoms with Gasteiger partial charge < -0.3 is 4.55 Å². The number of hydrogen-bond acceptors (Lipinski definition) is 3. The van der Waals surface area contributed by atoms with Crippen LogP contribution in [0.3, 0.4) is 0 Å². The molecule has 0 bridgehead atoms. The van der Waals surface area contributed by atoms with E-state index in [9.17, 15) is 13.0 Å². The van der Waals surface area contributed by atoms with Crippen molar-refractivity contribution in [2.75, 3.05) is 5.75 Å². The first-order valence-electron chi connectivity index (χ1n) is 2.00. The van der Waals surface area contributed by atoms with Crippen LogP contribution in [-0.4, -0.2) is 18.7 Å². The molecule has 0 heterocycles. The van der Waals surface area contributed by atoms with Gasteiger partial charge in [-0.25, -0.2) is 8.42 Å². The fourth-order valence-electron chi connectivity index (χ4n) is 0.302. The van der Waals surface area contributed by atoms with Crippen molar-refractivity contribution in [1.82, 2.24) is 0 Å². The number of rotatable bonds is 2. The molecule has 0 aliphatic rings. The Morgan fingerprint density at radius 2 is 2.00 bits per heavy atom. The Bertz CT molecular complexity index is 182. The van der Waals surface area contributed by atoms with Crippen LogP contribution in [-0.2, 0) is 10.1 Å². The minimum atomic E-state index is -4.07. The minimum absolute atomic E-state index is 0. The average molecular weight is 268 g/mol. The monoisotopic (exact) mass is 268 g/mol. The first-order valence-corrected chi connectivity index (χ1v) is 3.57. The maximum Gasteiger partial charge on any atom is 1.00 e. The predicted molar refractivity (Wildman–Crippen MR) is 29.4 cm³/mol. The van der Waals surface area contributed by atoms with Gasteiger partial charge in [-0.1, -0.05) is 12.2 Å². The summed E-state index contributed by atoms with van der Waals surface area (Å²) in [5, 5.41) is 0. The summed E-state index contributed by atoms with van der Waals surface area (Å²) in [6.45, 7) is 4.76. The summed E-state index contributed by atoms with van der Waals surface area (Å²) in [7, 11) is -4.07. The summed E-state index contributed by atoms with van der Waals surface area (Å²) < 4.78 is 29.5. The van der Waals surface area contributed by atoms with E-state index in [1.165, 1.54) is 6.92 Å². The molecule has 0 atom stereocenters. The van der Waals surface area contributed by atoms with Gasteiger partial charge in [0.05, 0.1) is 15.9 Å². The van der Waals surface area contributed by atoms with Crippen molar-refractivity contribution in [1.29, 1.82) is 0 Å². The molecule has 0 fully saturated rings. The van der Waals surface area contributed by atoms with Crippen LogP contribution in [0.2, 0.25) is 0 Å². The van der Waals surface area contributed by atoms with Crippen LogP contribution in [0.25, 0.3) is 0 Å². The first kappa shape index (κ1) is 13.3. The predicted octanol–water partition coefficient (Wildman–Crippen LogP) is -2.89. The molecule has 0 radical (unpaired) electrons. The molecule has 0 aromatic carbocycles. The van der Waals surface area contributed by atoms with Gasteiger partial charge in [-0.15, -0.1) is 0 Å². The molecule has 0 rings (SSSR count). The molecule has 0 aliphatic carbocycles. The zero-order valence-corrected chi connectivity index (χ0v) is 12.6.